The van der Waals surface area contributed by atoms with Gasteiger partial charge < -0.3 is 10.2 Å². The second-order valence-corrected chi connectivity index (χ2v) is 8.42. The highest BCUT2D eigenvalue weighted by atomic mass is 35.5. The number of hydrogen-bond donors (Lipinski definition) is 1. The van der Waals surface area contributed by atoms with E-state index in [4.69, 9.17) is 11.6 Å². The Morgan fingerprint density at radius 1 is 1.06 bits per heavy atom. The molecule has 2 aromatic rings. The summed E-state index contributed by atoms with van der Waals surface area (Å²) in [7, 11) is 0. The van der Waals surface area contributed by atoms with Crippen LogP contribution < -0.4 is 5.32 Å². The molecule has 0 aromatic heterocycles. The van der Waals surface area contributed by atoms with Crippen LogP contribution in [0.3, 0.4) is 0 Å². The molecule has 2 amide bonds. The van der Waals surface area contributed by atoms with Crippen molar-refractivity contribution in [2.24, 2.45) is 0 Å². The van der Waals surface area contributed by atoms with Crippen LogP contribution in [-0.4, -0.2) is 28.8 Å². The van der Waals surface area contributed by atoms with Gasteiger partial charge in [0.25, 0.3) is 0 Å². The molecule has 1 fully saturated rings. The summed E-state index contributed by atoms with van der Waals surface area (Å²) < 4.78 is 28.5. The van der Waals surface area contributed by atoms with Crippen LogP contribution in [0.1, 0.15) is 50.2 Å². The minimum absolute atomic E-state index is 0.0626. The molecule has 1 aliphatic carbocycles. The van der Waals surface area contributed by atoms with Gasteiger partial charge in [-0.25, -0.2) is 8.78 Å². The van der Waals surface area contributed by atoms with Crippen LogP contribution in [0.2, 0.25) is 5.02 Å². The zero-order valence-corrected chi connectivity index (χ0v) is 18.3. The van der Waals surface area contributed by atoms with Crippen molar-refractivity contribution >= 4 is 23.4 Å². The molecule has 0 radical (unpaired) electrons. The highest BCUT2D eigenvalue weighted by molar-refractivity contribution is 6.31. The monoisotopic (exact) mass is 448 g/mol. The van der Waals surface area contributed by atoms with E-state index in [1.54, 1.807) is 25.1 Å². The van der Waals surface area contributed by atoms with Crippen molar-refractivity contribution in [2.45, 2.75) is 64.1 Å². The summed E-state index contributed by atoms with van der Waals surface area (Å²) >= 11 is 6.08. The normalized spacial score (nSPS) is 15.4. The first-order chi connectivity index (χ1) is 14.9. The number of rotatable bonds is 7. The van der Waals surface area contributed by atoms with Gasteiger partial charge >= 0.3 is 0 Å². The van der Waals surface area contributed by atoms with Crippen molar-refractivity contribution in [3.8, 4) is 0 Å². The number of carbonyl (C=O) groups excluding carboxylic acids is 2. The second kappa shape index (κ2) is 10.7. The molecule has 0 spiro atoms. The van der Waals surface area contributed by atoms with Gasteiger partial charge in [0, 0.05) is 28.7 Å². The number of halogens is 3. The molecule has 1 atom stereocenters. The van der Waals surface area contributed by atoms with Crippen LogP contribution in [0.4, 0.5) is 8.78 Å². The maximum atomic E-state index is 14.3. The molecule has 0 aliphatic heterocycles. The first-order valence-corrected chi connectivity index (χ1v) is 11.0. The lowest BCUT2D eigenvalue weighted by Crippen LogP contribution is -2.50. The van der Waals surface area contributed by atoms with Gasteiger partial charge in [0.15, 0.2) is 0 Å². The number of hydrogen-bond acceptors (Lipinski definition) is 2. The molecule has 1 saturated carbocycles. The molecule has 31 heavy (non-hydrogen) atoms. The van der Waals surface area contributed by atoms with Crippen molar-refractivity contribution < 1.29 is 18.4 Å². The molecule has 1 aliphatic rings. The highest BCUT2D eigenvalue weighted by Gasteiger charge is 2.29. The van der Waals surface area contributed by atoms with Gasteiger partial charge in [-0.15, -0.1) is 0 Å². The predicted molar refractivity (Wildman–Crippen MR) is 117 cm³/mol. The first-order valence-electron chi connectivity index (χ1n) is 10.6. The molecule has 166 valence electrons. The fraction of sp³-hybridized carbons (Fsp3) is 0.417. The van der Waals surface area contributed by atoms with Gasteiger partial charge in [-0.2, -0.15) is 0 Å². The lowest BCUT2D eigenvalue weighted by Gasteiger charge is -2.31. The molecule has 4 nitrogen and oxygen atoms in total. The summed E-state index contributed by atoms with van der Waals surface area (Å²) in [6, 6.07) is 9.53. The van der Waals surface area contributed by atoms with Crippen LogP contribution >= 0.6 is 11.6 Å². The standard InChI is InChI=1S/C24H27ClF2N2O2/c1-16(24(31)28-18-9-3-2-4-10-18)29(15-17-8-5-6-12-21(17)26)23(30)14-19-20(25)11-7-13-22(19)27/h5-8,11-13,16,18H,2-4,9-10,14-15H2,1H3,(H,28,31)/t16-/m0/s1. The van der Waals surface area contributed by atoms with Gasteiger partial charge in [0.1, 0.15) is 17.7 Å². The van der Waals surface area contributed by atoms with Crippen molar-refractivity contribution in [3.63, 3.8) is 0 Å². The Morgan fingerprint density at radius 2 is 1.74 bits per heavy atom. The number of carbonyl (C=O) groups is 2. The smallest absolute Gasteiger partial charge is 0.242 e. The Bertz CT molecular complexity index is 911. The van der Waals surface area contributed by atoms with Gasteiger partial charge in [0.2, 0.25) is 11.8 Å². The highest BCUT2D eigenvalue weighted by Crippen LogP contribution is 2.22. The zero-order valence-electron chi connectivity index (χ0n) is 17.5. The zero-order chi connectivity index (χ0) is 22.4. The van der Waals surface area contributed by atoms with E-state index < -0.39 is 23.6 Å². The number of nitrogens with zero attached hydrogens (tertiary/aromatic N) is 1. The molecule has 3 rings (SSSR count). The third-order valence-corrected chi connectivity index (χ3v) is 6.16. The van der Waals surface area contributed by atoms with Crippen molar-refractivity contribution in [2.75, 3.05) is 0 Å². The maximum Gasteiger partial charge on any atom is 0.242 e. The van der Waals surface area contributed by atoms with E-state index in [1.807, 2.05) is 0 Å². The lowest BCUT2D eigenvalue weighted by molar-refractivity contribution is -0.140. The minimum atomic E-state index is -0.848. The van der Waals surface area contributed by atoms with Crippen molar-refractivity contribution in [3.05, 3.63) is 70.2 Å². The van der Waals surface area contributed by atoms with Crippen LogP contribution in [0.25, 0.3) is 0 Å². The molecule has 0 saturated heterocycles. The molecule has 0 unspecified atom stereocenters. The molecule has 2 aromatic carbocycles. The summed E-state index contributed by atoms with van der Waals surface area (Å²) in [6.45, 7) is 1.51. The Kier molecular flexibility index (Phi) is 8.02. The van der Waals surface area contributed by atoms with E-state index in [-0.39, 0.29) is 41.1 Å². The summed E-state index contributed by atoms with van der Waals surface area (Å²) in [5.74, 6) is -1.85. The molecule has 7 heteroatoms. The minimum Gasteiger partial charge on any atom is -0.352 e. The predicted octanol–water partition coefficient (Wildman–Crippen LogP) is 5.03. The van der Waals surface area contributed by atoms with Gasteiger partial charge in [-0.1, -0.05) is 55.1 Å². The lowest BCUT2D eigenvalue weighted by atomic mass is 9.95. The van der Waals surface area contributed by atoms with Crippen LogP contribution in [-0.2, 0) is 22.6 Å². The Labute approximate surface area is 186 Å². The Morgan fingerprint density at radius 3 is 2.42 bits per heavy atom. The third kappa shape index (κ3) is 6.03. The van der Waals surface area contributed by atoms with E-state index in [1.165, 1.54) is 29.2 Å². The quantitative estimate of drug-likeness (QED) is 0.646. The SMILES string of the molecule is C[C@@H](C(=O)NC1CCCCC1)N(Cc1ccccc1F)C(=O)Cc1c(F)cccc1Cl. The van der Waals surface area contributed by atoms with E-state index in [0.29, 0.717) is 0 Å². The summed E-state index contributed by atoms with van der Waals surface area (Å²) in [5.41, 5.74) is 0.348. The molecular formula is C24H27ClF2N2O2. The Balaban J connectivity index is 1.82. The van der Waals surface area contributed by atoms with Crippen LogP contribution in [0, 0.1) is 11.6 Å². The number of amides is 2. The van der Waals surface area contributed by atoms with Crippen molar-refractivity contribution in [1.29, 1.82) is 0 Å². The van der Waals surface area contributed by atoms with Crippen LogP contribution in [0.15, 0.2) is 42.5 Å². The van der Waals surface area contributed by atoms with E-state index in [9.17, 15) is 18.4 Å². The van der Waals surface area contributed by atoms with Gasteiger partial charge in [0.05, 0.1) is 6.42 Å². The maximum absolute atomic E-state index is 14.3. The first kappa shape index (κ1) is 23.2. The molecule has 0 bridgehead atoms. The summed E-state index contributed by atoms with van der Waals surface area (Å²) in [5, 5.41) is 3.15. The number of nitrogens with one attached hydrogen (secondary N) is 1. The van der Waals surface area contributed by atoms with E-state index in [2.05, 4.69) is 5.32 Å². The van der Waals surface area contributed by atoms with E-state index >= 15 is 0 Å². The van der Waals surface area contributed by atoms with E-state index in [0.717, 1.165) is 32.1 Å². The topological polar surface area (TPSA) is 49.4 Å². The average Bonchev–Trinajstić information content (AvgIpc) is 2.76. The number of benzene rings is 2. The average molecular weight is 449 g/mol. The largest absolute Gasteiger partial charge is 0.352 e. The molecular weight excluding hydrogens is 422 g/mol. The Hall–Kier alpha value is -2.47. The third-order valence-electron chi connectivity index (χ3n) is 5.81. The fourth-order valence-electron chi connectivity index (χ4n) is 3.92. The summed E-state index contributed by atoms with van der Waals surface area (Å²) in [6.07, 6.45) is 4.77. The van der Waals surface area contributed by atoms with Gasteiger partial charge in [-0.3, -0.25) is 9.59 Å². The molecule has 0 heterocycles. The fourth-order valence-corrected chi connectivity index (χ4v) is 4.15. The second-order valence-electron chi connectivity index (χ2n) is 8.01. The summed E-state index contributed by atoms with van der Waals surface area (Å²) in [4.78, 5) is 27.4. The van der Waals surface area contributed by atoms with Crippen molar-refractivity contribution in [1.82, 2.24) is 10.2 Å². The van der Waals surface area contributed by atoms with Gasteiger partial charge in [-0.05, 0) is 38.0 Å². The van der Waals surface area contributed by atoms with Crippen LogP contribution in [0.5, 0.6) is 0 Å². The molecule has 1 N–H and O–H groups in total.